The van der Waals surface area contributed by atoms with Crippen molar-refractivity contribution < 1.29 is 9.26 Å². The van der Waals surface area contributed by atoms with Gasteiger partial charge in [-0.2, -0.15) is 4.98 Å². The van der Waals surface area contributed by atoms with Gasteiger partial charge in [0.25, 0.3) is 5.89 Å². The van der Waals surface area contributed by atoms with Crippen molar-refractivity contribution in [2.45, 2.75) is 32.0 Å². The molecule has 1 aliphatic heterocycles. The van der Waals surface area contributed by atoms with Gasteiger partial charge in [-0.15, -0.1) is 11.3 Å². The summed E-state index contributed by atoms with van der Waals surface area (Å²) in [6.45, 7) is 2.12. The van der Waals surface area contributed by atoms with Gasteiger partial charge < -0.3 is 9.26 Å². The van der Waals surface area contributed by atoms with Crippen molar-refractivity contribution in [1.29, 1.82) is 0 Å². The second kappa shape index (κ2) is 5.77. The van der Waals surface area contributed by atoms with E-state index in [1.165, 1.54) is 11.4 Å². The lowest BCUT2D eigenvalue weighted by atomic mass is 10.2. The van der Waals surface area contributed by atoms with E-state index >= 15 is 0 Å². The molecule has 0 aliphatic carbocycles. The first kappa shape index (κ1) is 12.7. The Balaban J connectivity index is 1.67. The molecule has 0 N–H and O–H groups in total. The van der Waals surface area contributed by atoms with Gasteiger partial charge in [-0.1, -0.05) is 5.16 Å². The third kappa shape index (κ3) is 2.83. The first-order valence-corrected chi connectivity index (χ1v) is 7.18. The lowest BCUT2D eigenvalue weighted by Gasteiger charge is -2.20. The minimum atomic E-state index is 0.364. The molecule has 0 bridgehead atoms. The first-order valence-electron chi connectivity index (χ1n) is 6.30. The minimum Gasteiger partial charge on any atom is -0.375 e. The highest BCUT2D eigenvalue weighted by Gasteiger charge is 2.28. The highest BCUT2D eigenvalue weighted by atomic mass is 32.1. The Morgan fingerprint density at radius 3 is 3.32 bits per heavy atom. The van der Waals surface area contributed by atoms with Crippen LogP contribution in [-0.4, -0.2) is 33.7 Å². The summed E-state index contributed by atoms with van der Waals surface area (Å²) in [7, 11) is 1.61. The molecule has 1 fully saturated rings. The van der Waals surface area contributed by atoms with Gasteiger partial charge in [0, 0.05) is 18.7 Å². The van der Waals surface area contributed by atoms with Crippen molar-refractivity contribution >= 4 is 11.3 Å². The van der Waals surface area contributed by atoms with Gasteiger partial charge >= 0.3 is 0 Å². The molecule has 102 valence electrons. The van der Waals surface area contributed by atoms with Crippen LogP contribution in [0.3, 0.4) is 0 Å². The number of hydrogen-bond donors (Lipinski definition) is 0. The predicted molar refractivity (Wildman–Crippen MR) is 69.5 cm³/mol. The Labute approximate surface area is 115 Å². The second-order valence-electron chi connectivity index (χ2n) is 4.54. The van der Waals surface area contributed by atoms with Crippen molar-refractivity contribution in [1.82, 2.24) is 20.0 Å². The molecule has 3 heterocycles. The molecule has 0 amide bonds. The molecule has 0 radical (unpaired) electrons. The van der Waals surface area contributed by atoms with Crippen molar-refractivity contribution in [2.24, 2.45) is 0 Å². The number of rotatable bonds is 5. The fourth-order valence-corrected chi connectivity index (χ4v) is 3.22. The summed E-state index contributed by atoms with van der Waals surface area (Å²) in [5, 5.41) is 7.19. The lowest BCUT2D eigenvalue weighted by Crippen LogP contribution is -2.23. The summed E-state index contributed by atoms with van der Waals surface area (Å²) in [6.07, 6.45) is 4.20. The maximum atomic E-state index is 5.12. The third-order valence-corrected chi connectivity index (χ3v) is 4.10. The molecule has 2 aromatic heterocycles. The van der Waals surface area contributed by atoms with Crippen molar-refractivity contribution in [3.05, 3.63) is 28.3 Å². The third-order valence-electron chi connectivity index (χ3n) is 3.22. The van der Waals surface area contributed by atoms with Gasteiger partial charge in [-0.05, 0) is 19.4 Å². The Morgan fingerprint density at radius 2 is 2.53 bits per heavy atom. The zero-order chi connectivity index (χ0) is 13.1. The van der Waals surface area contributed by atoms with Gasteiger partial charge in [0.15, 0.2) is 5.82 Å². The van der Waals surface area contributed by atoms with Crippen LogP contribution in [0, 0.1) is 0 Å². The SMILES string of the molecule is COCc1nc(CN2CCC[C@H]2c2nccs2)no1. The quantitative estimate of drug-likeness (QED) is 0.834. The molecule has 7 heteroatoms. The Hall–Kier alpha value is -1.31. The van der Waals surface area contributed by atoms with E-state index in [4.69, 9.17) is 9.26 Å². The minimum absolute atomic E-state index is 0.364. The smallest absolute Gasteiger partial charge is 0.252 e. The van der Waals surface area contributed by atoms with Gasteiger partial charge in [-0.25, -0.2) is 4.98 Å². The number of methoxy groups -OCH3 is 1. The van der Waals surface area contributed by atoms with E-state index in [1.54, 1.807) is 18.4 Å². The molecule has 3 rings (SSSR count). The number of thiazole rings is 1. The zero-order valence-corrected chi connectivity index (χ0v) is 11.6. The van der Waals surface area contributed by atoms with E-state index in [0.717, 1.165) is 18.8 Å². The van der Waals surface area contributed by atoms with Crippen LogP contribution < -0.4 is 0 Å². The van der Waals surface area contributed by atoms with Crippen LogP contribution in [0.2, 0.25) is 0 Å². The standard InChI is InChI=1S/C12H16N4O2S/c1-17-8-11-14-10(15-18-11)7-16-5-2-3-9(16)12-13-4-6-19-12/h4,6,9H,2-3,5,7-8H2,1H3/t9-/m0/s1. The number of likely N-dealkylation sites (tertiary alicyclic amines) is 1. The fourth-order valence-electron chi connectivity index (χ4n) is 2.41. The van der Waals surface area contributed by atoms with E-state index in [-0.39, 0.29) is 0 Å². The molecule has 1 saturated heterocycles. The van der Waals surface area contributed by atoms with E-state index in [1.807, 2.05) is 11.6 Å². The molecule has 0 aromatic carbocycles. The molecule has 0 unspecified atom stereocenters. The molecular weight excluding hydrogens is 264 g/mol. The average Bonchev–Trinajstić information content (AvgIpc) is 3.11. The molecule has 6 nitrogen and oxygen atoms in total. The lowest BCUT2D eigenvalue weighted by molar-refractivity contribution is 0.151. The maximum Gasteiger partial charge on any atom is 0.252 e. The number of aromatic nitrogens is 3. The molecule has 1 atom stereocenters. The summed E-state index contributed by atoms with van der Waals surface area (Å²) in [6, 6.07) is 0.393. The van der Waals surface area contributed by atoms with Crippen molar-refractivity contribution in [3.8, 4) is 0 Å². The topological polar surface area (TPSA) is 64.3 Å². The van der Waals surface area contributed by atoms with Gasteiger partial charge in [0.1, 0.15) is 11.6 Å². The van der Waals surface area contributed by atoms with Crippen LogP contribution in [0.1, 0.15) is 35.6 Å². The zero-order valence-electron chi connectivity index (χ0n) is 10.8. The maximum absolute atomic E-state index is 5.12. The first-order chi connectivity index (χ1) is 9.36. The molecule has 19 heavy (non-hydrogen) atoms. The fraction of sp³-hybridized carbons (Fsp3) is 0.583. The van der Waals surface area contributed by atoms with E-state index in [0.29, 0.717) is 25.1 Å². The Kier molecular flexibility index (Phi) is 3.86. The number of hydrogen-bond acceptors (Lipinski definition) is 7. The Morgan fingerprint density at radius 1 is 1.58 bits per heavy atom. The van der Waals surface area contributed by atoms with Crippen molar-refractivity contribution in [2.75, 3.05) is 13.7 Å². The van der Waals surface area contributed by atoms with Crippen LogP contribution in [-0.2, 0) is 17.9 Å². The van der Waals surface area contributed by atoms with E-state index < -0.39 is 0 Å². The highest BCUT2D eigenvalue weighted by molar-refractivity contribution is 7.09. The largest absolute Gasteiger partial charge is 0.375 e. The second-order valence-corrected chi connectivity index (χ2v) is 5.46. The van der Waals surface area contributed by atoms with E-state index in [2.05, 4.69) is 20.0 Å². The van der Waals surface area contributed by atoms with Gasteiger partial charge in [-0.3, -0.25) is 4.90 Å². The van der Waals surface area contributed by atoms with Gasteiger partial charge in [0.05, 0.1) is 12.6 Å². The van der Waals surface area contributed by atoms with Crippen LogP contribution in [0.4, 0.5) is 0 Å². The summed E-state index contributed by atoms with van der Waals surface area (Å²) in [5.41, 5.74) is 0. The average molecular weight is 280 g/mol. The monoisotopic (exact) mass is 280 g/mol. The normalized spacial score (nSPS) is 20.2. The Bertz CT molecular complexity index is 514. The van der Waals surface area contributed by atoms with Crippen molar-refractivity contribution in [3.63, 3.8) is 0 Å². The molecule has 2 aromatic rings. The summed E-state index contributed by atoms with van der Waals surface area (Å²) >= 11 is 1.71. The number of nitrogens with zero attached hydrogens (tertiary/aromatic N) is 4. The number of ether oxygens (including phenoxy) is 1. The van der Waals surface area contributed by atoms with Crippen LogP contribution in [0.15, 0.2) is 16.1 Å². The van der Waals surface area contributed by atoms with Crippen LogP contribution in [0.5, 0.6) is 0 Å². The van der Waals surface area contributed by atoms with Crippen LogP contribution in [0.25, 0.3) is 0 Å². The highest BCUT2D eigenvalue weighted by Crippen LogP contribution is 2.33. The summed E-state index contributed by atoms with van der Waals surface area (Å²) in [5.74, 6) is 1.25. The molecule has 0 spiro atoms. The van der Waals surface area contributed by atoms with Gasteiger partial charge in [0.2, 0.25) is 0 Å². The summed E-state index contributed by atoms with van der Waals surface area (Å²) in [4.78, 5) is 11.1. The molecule has 0 saturated carbocycles. The van der Waals surface area contributed by atoms with E-state index in [9.17, 15) is 0 Å². The summed E-state index contributed by atoms with van der Waals surface area (Å²) < 4.78 is 10.1. The predicted octanol–water partition coefficient (Wildman–Crippen LogP) is 2.01. The molecule has 1 aliphatic rings. The van der Waals surface area contributed by atoms with Crippen LogP contribution >= 0.6 is 11.3 Å². The molecular formula is C12H16N4O2S.